The third-order valence-corrected chi connectivity index (χ3v) is 2.25. The van der Waals surface area contributed by atoms with Crippen LogP contribution in [0.1, 0.15) is 36.9 Å². The molecule has 0 amide bonds. The minimum absolute atomic E-state index is 0.139. The van der Waals surface area contributed by atoms with Gasteiger partial charge in [-0.3, -0.25) is 0 Å². The average molecular weight is 197 g/mol. The molecule has 3 heteroatoms. The van der Waals surface area contributed by atoms with E-state index in [0.717, 1.165) is 12.8 Å². The van der Waals surface area contributed by atoms with Gasteiger partial charge >= 0.3 is 0 Å². The summed E-state index contributed by atoms with van der Waals surface area (Å²) in [7, 11) is 0. The summed E-state index contributed by atoms with van der Waals surface area (Å²) in [6, 6.07) is 4.45. The molecule has 0 aliphatic carbocycles. The molecule has 1 aromatic rings. The van der Waals surface area contributed by atoms with Crippen LogP contribution >= 0.6 is 0 Å². The SMILES string of the molecule is CCCC(N)c1ccc(CO)cc1F. The van der Waals surface area contributed by atoms with E-state index in [-0.39, 0.29) is 18.5 Å². The van der Waals surface area contributed by atoms with E-state index in [9.17, 15) is 4.39 Å². The molecule has 1 rings (SSSR count). The van der Waals surface area contributed by atoms with Crippen LogP contribution in [0, 0.1) is 5.82 Å². The maximum absolute atomic E-state index is 13.4. The molecule has 0 bridgehead atoms. The first-order chi connectivity index (χ1) is 6.69. The lowest BCUT2D eigenvalue weighted by Gasteiger charge is -2.12. The molecule has 0 aliphatic heterocycles. The summed E-state index contributed by atoms with van der Waals surface area (Å²) < 4.78 is 13.4. The highest BCUT2D eigenvalue weighted by Crippen LogP contribution is 2.20. The van der Waals surface area contributed by atoms with Crippen molar-refractivity contribution in [3.8, 4) is 0 Å². The van der Waals surface area contributed by atoms with Gasteiger partial charge in [0.05, 0.1) is 6.61 Å². The van der Waals surface area contributed by atoms with E-state index in [1.807, 2.05) is 6.92 Å². The van der Waals surface area contributed by atoms with Gasteiger partial charge in [0.1, 0.15) is 5.82 Å². The summed E-state index contributed by atoms with van der Waals surface area (Å²) in [6.07, 6.45) is 1.71. The molecule has 0 radical (unpaired) electrons. The number of halogens is 1. The Morgan fingerprint density at radius 1 is 1.50 bits per heavy atom. The monoisotopic (exact) mass is 197 g/mol. The Balaban J connectivity index is 2.88. The fourth-order valence-electron chi connectivity index (χ4n) is 1.44. The first kappa shape index (κ1) is 11.1. The molecule has 0 fully saturated rings. The average Bonchev–Trinajstić information content (AvgIpc) is 2.17. The van der Waals surface area contributed by atoms with Gasteiger partial charge < -0.3 is 10.8 Å². The zero-order chi connectivity index (χ0) is 10.6. The van der Waals surface area contributed by atoms with Gasteiger partial charge in [-0.15, -0.1) is 0 Å². The summed E-state index contributed by atoms with van der Waals surface area (Å²) in [6.45, 7) is 1.88. The Kier molecular flexibility index (Phi) is 4.04. The smallest absolute Gasteiger partial charge is 0.128 e. The predicted molar refractivity (Wildman–Crippen MR) is 54.2 cm³/mol. The third-order valence-electron chi connectivity index (χ3n) is 2.25. The molecule has 0 aliphatic rings. The number of nitrogens with two attached hydrogens (primary N) is 1. The molecule has 0 saturated carbocycles. The van der Waals surface area contributed by atoms with Crippen LogP contribution in [0.4, 0.5) is 4.39 Å². The predicted octanol–water partition coefficient (Wildman–Crippen LogP) is 2.12. The maximum atomic E-state index is 13.4. The van der Waals surface area contributed by atoms with Gasteiger partial charge in [-0.1, -0.05) is 25.5 Å². The van der Waals surface area contributed by atoms with Crippen LogP contribution in [-0.2, 0) is 6.61 Å². The van der Waals surface area contributed by atoms with Crippen LogP contribution in [-0.4, -0.2) is 5.11 Å². The van der Waals surface area contributed by atoms with Gasteiger partial charge in [-0.05, 0) is 18.1 Å². The second-order valence-electron chi connectivity index (χ2n) is 3.41. The summed E-state index contributed by atoms with van der Waals surface area (Å²) in [4.78, 5) is 0. The van der Waals surface area contributed by atoms with E-state index in [1.165, 1.54) is 6.07 Å². The summed E-state index contributed by atoms with van der Waals surface area (Å²) >= 11 is 0. The highest BCUT2D eigenvalue weighted by molar-refractivity contribution is 5.26. The van der Waals surface area contributed by atoms with E-state index in [0.29, 0.717) is 11.1 Å². The van der Waals surface area contributed by atoms with Crippen molar-refractivity contribution in [1.29, 1.82) is 0 Å². The molecule has 1 aromatic carbocycles. The number of rotatable bonds is 4. The molecule has 0 saturated heterocycles. The molecule has 3 N–H and O–H groups in total. The van der Waals surface area contributed by atoms with Crippen LogP contribution in [0.5, 0.6) is 0 Å². The van der Waals surface area contributed by atoms with Crippen molar-refractivity contribution in [3.05, 3.63) is 35.1 Å². The fraction of sp³-hybridized carbons (Fsp3) is 0.455. The zero-order valence-corrected chi connectivity index (χ0v) is 8.33. The third kappa shape index (κ3) is 2.53. The van der Waals surface area contributed by atoms with Crippen molar-refractivity contribution in [2.75, 3.05) is 0 Å². The van der Waals surface area contributed by atoms with E-state index < -0.39 is 0 Å². The van der Waals surface area contributed by atoms with Crippen LogP contribution < -0.4 is 5.73 Å². The lowest BCUT2D eigenvalue weighted by molar-refractivity contribution is 0.281. The molecule has 1 unspecified atom stereocenters. The molecule has 14 heavy (non-hydrogen) atoms. The highest BCUT2D eigenvalue weighted by Gasteiger charge is 2.10. The fourth-order valence-corrected chi connectivity index (χ4v) is 1.44. The molecular formula is C11H16FNO. The van der Waals surface area contributed by atoms with E-state index in [1.54, 1.807) is 12.1 Å². The molecular weight excluding hydrogens is 181 g/mol. The molecule has 1 atom stereocenters. The van der Waals surface area contributed by atoms with Crippen LogP contribution in [0.2, 0.25) is 0 Å². The summed E-state index contributed by atoms with van der Waals surface area (Å²) in [5.41, 5.74) is 6.91. The Morgan fingerprint density at radius 3 is 2.71 bits per heavy atom. The summed E-state index contributed by atoms with van der Waals surface area (Å²) in [5.74, 6) is -0.322. The van der Waals surface area contributed by atoms with Crippen LogP contribution in [0.15, 0.2) is 18.2 Å². The first-order valence-corrected chi connectivity index (χ1v) is 4.83. The largest absolute Gasteiger partial charge is 0.392 e. The summed E-state index contributed by atoms with van der Waals surface area (Å²) in [5, 5.41) is 8.80. The van der Waals surface area contributed by atoms with E-state index >= 15 is 0 Å². The Bertz CT molecular complexity index is 301. The Morgan fingerprint density at radius 2 is 2.21 bits per heavy atom. The number of hydrogen-bond donors (Lipinski definition) is 2. The number of aliphatic hydroxyl groups is 1. The Labute approximate surface area is 83.6 Å². The van der Waals surface area contributed by atoms with Gasteiger partial charge in [0.15, 0.2) is 0 Å². The molecule has 0 aromatic heterocycles. The van der Waals surface area contributed by atoms with E-state index in [4.69, 9.17) is 10.8 Å². The van der Waals surface area contributed by atoms with Crippen molar-refractivity contribution in [1.82, 2.24) is 0 Å². The minimum atomic E-state index is -0.322. The van der Waals surface area contributed by atoms with Gasteiger partial charge in [-0.2, -0.15) is 0 Å². The zero-order valence-electron chi connectivity index (χ0n) is 8.33. The first-order valence-electron chi connectivity index (χ1n) is 4.83. The lowest BCUT2D eigenvalue weighted by Crippen LogP contribution is -2.11. The number of benzene rings is 1. The standard InChI is InChI=1S/C11H16FNO/c1-2-3-11(13)9-5-4-8(7-14)6-10(9)12/h4-6,11,14H,2-3,7,13H2,1H3. The quantitative estimate of drug-likeness (QED) is 0.776. The second kappa shape index (κ2) is 5.08. The molecule has 78 valence electrons. The van der Waals surface area contributed by atoms with Gasteiger partial charge in [0.2, 0.25) is 0 Å². The maximum Gasteiger partial charge on any atom is 0.128 e. The van der Waals surface area contributed by atoms with Crippen molar-refractivity contribution in [2.24, 2.45) is 5.73 Å². The molecule has 0 heterocycles. The Hall–Kier alpha value is -0.930. The van der Waals surface area contributed by atoms with E-state index in [2.05, 4.69) is 0 Å². The minimum Gasteiger partial charge on any atom is -0.392 e. The van der Waals surface area contributed by atoms with Crippen molar-refractivity contribution in [3.63, 3.8) is 0 Å². The highest BCUT2D eigenvalue weighted by atomic mass is 19.1. The molecule has 2 nitrogen and oxygen atoms in total. The molecule has 0 spiro atoms. The van der Waals surface area contributed by atoms with Gasteiger partial charge in [-0.25, -0.2) is 4.39 Å². The van der Waals surface area contributed by atoms with Crippen molar-refractivity contribution >= 4 is 0 Å². The van der Waals surface area contributed by atoms with Gasteiger partial charge in [0, 0.05) is 11.6 Å². The number of aliphatic hydroxyl groups excluding tert-OH is 1. The van der Waals surface area contributed by atoms with Gasteiger partial charge in [0.25, 0.3) is 0 Å². The topological polar surface area (TPSA) is 46.2 Å². The van der Waals surface area contributed by atoms with Crippen molar-refractivity contribution < 1.29 is 9.50 Å². The van der Waals surface area contributed by atoms with Crippen molar-refractivity contribution in [2.45, 2.75) is 32.4 Å². The second-order valence-corrected chi connectivity index (χ2v) is 3.41. The van der Waals surface area contributed by atoms with Crippen LogP contribution in [0.25, 0.3) is 0 Å². The number of hydrogen-bond acceptors (Lipinski definition) is 2. The normalized spacial score (nSPS) is 12.9. The lowest BCUT2D eigenvalue weighted by atomic mass is 10.0. The van der Waals surface area contributed by atoms with Crippen LogP contribution in [0.3, 0.4) is 0 Å².